The Bertz CT molecular complexity index is 647. The highest BCUT2D eigenvalue weighted by Crippen LogP contribution is 2.74. The summed E-state index contributed by atoms with van der Waals surface area (Å²) in [5, 5.41) is 3.81. The molecule has 5 unspecified atom stereocenters. The summed E-state index contributed by atoms with van der Waals surface area (Å²) in [4.78, 5) is 0. The summed E-state index contributed by atoms with van der Waals surface area (Å²) >= 11 is 11.4. The van der Waals surface area contributed by atoms with Gasteiger partial charge in [0, 0.05) is 14.5 Å². The van der Waals surface area contributed by atoms with Gasteiger partial charge in [-0.25, -0.2) is 0 Å². The molecule has 0 aromatic heterocycles. The molecule has 12 heteroatoms. The van der Waals surface area contributed by atoms with E-state index in [-0.39, 0.29) is 8.42 Å². The van der Waals surface area contributed by atoms with Gasteiger partial charge in [-0.05, 0) is 58.3 Å². The number of nitrogens with zero attached hydrogens (tertiary/aromatic N) is 2. The molecule has 0 aliphatic rings. The van der Waals surface area contributed by atoms with Crippen LogP contribution >= 0.6 is 40.4 Å². The van der Waals surface area contributed by atoms with Crippen molar-refractivity contribution in [2.24, 2.45) is 21.6 Å². The number of benzene rings is 1. The molecule has 1 rings (SSSR count). The van der Waals surface area contributed by atoms with Crippen molar-refractivity contribution < 1.29 is 4.74 Å². The van der Waals surface area contributed by atoms with Crippen molar-refractivity contribution in [3.63, 3.8) is 0 Å². The van der Waals surface area contributed by atoms with E-state index in [0.717, 1.165) is 24.2 Å². The number of nitrogens with two attached hydrogens (primary N) is 3. The number of hydrogen-bond donors (Lipinski definition) is 3. The molecular weight excluding hydrogens is 446 g/mol. The summed E-state index contributed by atoms with van der Waals surface area (Å²) in [6.45, 7) is 5.95. The third-order valence-electron chi connectivity index (χ3n) is 3.67. The van der Waals surface area contributed by atoms with Crippen molar-refractivity contribution in [2.75, 3.05) is 13.7 Å². The maximum atomic E-state index is 6.42. The molecule has 0 amide bonds. The predicted octanol–water partition coefficient (Wildman–Crippen LogP) is 5.12. The van der Waals surface area contributed by atoms with Gasteiger partial charge in [-0.15, -0.1) is 0 Å². The quantitative estimate of drug-likeness (QED) is 0.248. The van der Waals surface area contributed by atoms with Crippen molar-refractivity contribution >= 4 is 58.4 Å². The minimum Gasteiger partial charge on any atom is -0.481 e. The first kappa shape index (κ1) is 24.6. The Morgan fingerprint density at radius 1 is 1.42 bits per heavy atom. The van der Waals surface area contributed by atoms with Crippen LogP contribution in [0.3, 0.4) is 0 Å². The Hall–Kier alpha value is 0.600. The van der Waals surface area contributed by atoms with Crippen molar-refractivity contribution in [2.45, 2.75) is 32.0 Å². The predicted molar refractivity (Wildman–Crippen MR) is 127 cm³/mol. The van der Waals surface area contributed by atoms with Crippen LogP contribution < -0.4 is 21.2 Å². The Morgan fingerprint density at radius 2 is 2.00 bits per heavy atom. The summed E-state index contributed by atoms with van der Waals surface area (Å²) in [6.07, 6.45) is 3.52. The van der Waals surface area contributed by atoms with E-state index in [1.165, 1.54) is 0 Å². The SMILES string of the molecule is CCCC(C)(Oc1ccc(/C=N/N(C)P(C)(=S)Cl)cc1)P(N)P(N)PN. The zero-order valence-electron chi connectivity index (χ0n) is 15.5. The summed E-state index contributed by atoms with van der Waals surface area (Å²) in [6, 6.07) is 7.68. The molecule has 0 heterocycles. The highest BCUT2D eigenvalue weighted by molar-refractivity contribution is 8.55. The van der Waals surface area contributed by atoms with E-state index in [9.17, 15) is 0 Å². The van der Waals surface area contributed by atoms with Crippen LogP contribution in [0.5, 0.6) is 5.75 Å². The van der Waals surface area contributed by atoms with E-state index in [1.807, 2.05) is 37.9 Å². The molecule has 5 atom stereocenters. The van der Waals surface area contributed by atoms with Crippen LogP contribution in [0.2, 0.25) is 0 Å². The molecule has 1 aromatic rings. The lowest BCUT2D eigenvalue weighted by atomic mass is 10.2. The highest BCUT2D eigenvalue weighted by Gasteiger charge is 2.37. The third kappa shape index (κ3) is 7.55. The van der Waals surface area contributed by atoms with E-state index in [2.05, 4.69) is 12.0 Å². The molecule has 0 spiro atoms. The average Bonchev–Trinajstić information content (AvgIpc) is 2.58. The monoisotopic (exact) mass is 473 g/mol. The lowest BCUT2D eigenvalue weighted by Gasteiger charge is -2.38. The van der Waals surface area contributed by atoms with Crippen LogP contribution in [0.15, 0.2) is 29.4 Å². The number of rotatable bonds is 10. The molecule has 26 heavy (non-hydrogen) atoms. The fourth-order valence-electron chi connectivity index (χ4n) is 2.08. The first-order chi connectivity index (χ1) is 12.0. The largest absolute Gasteiger partial charge is 0.481 e. The van der Waals surface area contributed by atoms with Crippen molar-refractivity contribution in [1.82, 2.24) is 4.78 Å². The summed E-state index contributed by atoms with van der Waals surface area (Å²) < 4.78 is 7.89. The standard InChI is InChI=1S/C14H28ClN5OP4S/c1-5-10-14(2,23(17)24(18)22-16)21-13-8-6-12(7-9-13)11-19-20(3)25(4,15)26/h6-9,11,22H,5,10,16-18H2,1-4H3/b19-11+. The summed E-state index contributed by atoms with van der Waals surface area (Å²) in [5.74, 6) is 0.756. The average molecular weight is 474 g/mol. The Labute approximate surface area is 170 Å². The van der Waals surface area contributed by atoms with E-state index >= 15 is 0 Å². The third-order valence-corrected chi connectivity index (χ3v) is 14.6. The topological polar surface area (TPSA) is 103 Å². The van der Waals surface area contributed by atoms with Gasteiger partial charge in [0.15, 0.2) is 0 Å². The highest BCUT2D eigenvalue weighted by atomic mass is 35.7. The lowest BCUT2D eigenvalue weighted by Crippen LogP contribution is -2.32. The maximum Gasteiger partial charge on any atom is 0.143 e. The first-order valence-electron chi connectivity index (χ1n) is 7.94. The van der Waals surface area contributed by atoms with Crippen LogP contribution in [-0.4, -0.2) is 30.0 Å². The van der Waals surface area contributed by atoms with Gasteiger partial charge in [0.2, 0.25) is 0 Å². The van der Waals surface area contributed by atoms with E-state index in [4.69, 9.17) is 44.3 Å². The molecule has 0 fully saturated rings. The second-order valence-electron chi connectivity index (χ2n) is 5.93. The molecule has 0 saturated carbocycles. The molecule has 0 bridgehead atoms. The number of hydrogen-bond acceptors (Lipinski definition) is 6. The van der Waals surface area contributed by atoms with Crippen molar-refractivity contribution in [3.05, 3.63) is 29.8 Å². The van der Waals surface area contributed by atoms with Gasteiger partial charge in [-0.2, -0.15) is 5.10 Å². The Balaban J connectivity index is 2.89. The maximum absolute atomic E-state index is 6.42. The smallest absolute Gasteiger partial charge is 0.143 e. The zero-order valence-corrected chi connectivity index (χ0v) is 20.7. The number of halogens is 1. The summed E-state index contributed by atoms with van der Waals surface area (Å²) in [7, 11) is 0.0615. The molecule has 6 N–H and O–H groups in total. The van der Waals surface area contributed by atoms with Gasteiger partial charge in [0.1, 0.15) is 16.6 Å². The van der Waals surface area contributed by atoms with E-state index < -0.39 is 26.1 Å². The van der Waals surface area contributed by atoms with E-state index in [0.29, 0.717) is 0 Å². The van der Waals surface area contributed by atoms with Crippen LogP contribution in [0, 0.1) is 0 Å². The van der Waals surface area contributed by atoms with E-state index in [1.54, 1.807) is 18.0 Å². The van der Waals surface area contributed by atoms with Crippen molar-refractivity contribution in [3.8, 4) is 5.75 Å². The molecule has 0 radical (unpaired) electrons. The number of hydrazone groups is 1. The summed E-state index contributed by atoms with van der Waals surface area (Å²) in [5.41, 5.74) is 17.2. The van der Waals surface area contributed by atoms with Crippen LogP contribution in [0.25, 0.3) is 0 Å². The molecule has 1 aromatic carbocycles. The van der Waals surface area contributed by atoms with Crippen LogP contribution in [0.4, 0.5) is 0 Å². The van der Waals surface area contributed by atoms with Crippen molar-refractivity contribution in [1.29, 1.82) is 0 Å². The Morgan fingerprint density at radius 3 is 2.46 bits per heavy atom. The lowest BCUT2D eigenvalue weighted by molar-refractivity contribution is 0.169. The molecule has 0 aliphatic carbocycles. The molecule has 148 valence electrons. The minimum atomic E-state index is -2.08. The van der Waals surface area contributed by atoms with Gasteiger partial charge >= 0.3 is 0 Å². The second-order valence-corrected chi connectivity index (χ2v) is 21.3. The zero-order chi connectivity index (χ0) is 20.0. The van der Waals surface area contributed by atoms with Gasteiger partial charge in [-0.3, -0.25) is 4.78 Å². The fraction of sp³-hybridized carbons (Fsp3) is 0.500. The van der Waals surface area contributed by atoms with Crippen LogP contribution in [-0.2, 0) is 11.8 Å². The van der Waals surface area contributed by atoms with Gasteiger partial charge in [0.05, 0.1) is 14.0 Å². The Kier molecular flexibility index (Phi) is 10.4. The molecular formula is C14H28ClN5OP4S. The first-order valence-corrected chi connectivity index (χ1v) is 17.5. The molecule has 0 saturated heterocycles. The van der Waals surface area contributed by atoms with Gasteiger partial charge in [0.25, 0.3) is 0 Å². The molecule has 0 aliphatic heterocycles. The minimum absolute atomic E-state index is 0.169. The number of ether oxygens (including phenoxy) is 1. The normalized spacial score (nSPS) is 19.2. The second kappa shape index (κ2) is 11.0. The van der Waals surface area contributed by atoms with Gasteiger partial charge in [-0.1, -0.05) is 36.4 Å². The van der Waals surface area contributed by atoms with Crippen LogP contribution in [0.1, 0.15) is 32.3 Å². The van der Waals surface area contributed by atoms with Gasteiger partial charge < -0.3 is 21.2 Å². The molecule has 6 nitrogen and oxygen atoms in total. The fourth-order valence-corrected chi connectivity index (χ4v) is 8.98.